The number of aromatic nitrogens is 2. The molecule has 3 aromatic rings. The molecule has 1 saturated carbocycles. The van der Waals surface area contributed by atoms with Gasteiger partial charge in [-0.05, 0) is 42.5 Å². The second-order valence-corrected chi connectivity index (χ2v) is 8.93. The molecule has 0 radical (unpaired) electrons. The van der Waals surface area contributed by atoms with E-state index in [2.05, 4.69) is 37.0 Å². The predicted molar refractivity (Wildman–Crippen MR) is 116 cm³/mol. The molecular weight excluding hydrogens is 366 g/mol. The van der Waals surface area contributed by atoms with Crippen LogP contribution in [-0.4, -0.2) is 15.9 Å². The number of anilines is 1. The van der Waals surface area contributed by atoms with Crippen LogP contribution in [0.25, 0.3) is 10.2 Å². The van der Waals surface area contributed by atoms with Crippen LogP contribution in [-0.2, 0) is 11.3 Å². The van der Waals surface area contributed by atoms with Crippen LogP contribution >= 0.6 is 11.3 Å². The Morgan fingerprint density at radius 1 is 1.14 bits per heavy atom. The van der Waals surface area contributed by atoms with E-state index in [1.165, 1.54) is 12.0 Å². The lowest BCUT2D eigenvalue weighted by Gasteiger charge is -2.27. The Labute approximate surface area is 170 Å². The van der Waals surface area contributed by atoms with Crippen molar-refractivity contribution in [2.24, 2.45) is 5.92 Å². The summed E-state index contributed by atoms with van der Waals surface area (Å²) in [6.45, 7) is 4.85. The average Bonchev–Trinajstić information content (AvgIpc) is 3.16. The highest BCUT2D eigenvalue weighted by atomic mass is 32.1. The lowest BCUT2D eigenvalue weighted by Crippen LogP contribution is -2.36. The number of hydrogen-bond donors (Lipinski definition) is 0. The third-order valence-corrected chi connectivity index (χ3v) is 6.60. The summed E-state index contributed by atoms with van der Waals surface area (Å²) in [5.41, 5.74) is 3.16. The molecule has 0 aliphatic heterocycles. The molecule has 0 unspecified atom stereocenters. The molecule has 0 N–H and O–H groups in total. The molecule has 2 aromatic heterocycles. The number of benzene rings is 1. The minimum Gasteiger partial charge on any atom is -0.282 e. The number of nitrogens with zero attached hydrogens (tertiary/aromatic N) is 3. The summed E-state index contributed by atoms with van der Waals surface area (Å²) >= 11 is 1.61. The maximum Gasteiger partial charge on any atom is 0.232 e. The summed E-state index contributed by atoms with van der Waals surface area (Å²) in [4.78, 5) is 24.7. The molecule has 2 heterocycles. The van der Waals surface area contributed by atoms with Gasteiger partial charge in [-0.2, -0.15) is 0 Å². The van der Waals surface area contributed by atoms with Crippen LogP contribution in [0.15, 0.2) is 42.6 Å². The predicted octanol–water partition coefficient (Wildman–Crippen LogP) is 5.93. The van der Waals surface area contributed by atoms with Crippen molar-refractivity contribution in [2.45, 2.75) is 58.4 Å². The summed E-state index contributed by atoms with van der Waals surface area (Å²) in [6, 6.07) is 12.2. The van der Waals surface area contributed by atoms with E-state index in [1.807, 2.05) is 23.1 Å². The Morgan fingerprint density at radius 3 is 2.68 bits per heavy atom. The van der Waals surface area contributed by atoms with Crippen molar-refractivity contribution in [3.05, 3.63) is 53.9 Å². The van der Waals surface area contributed by atoms with Crippen LogP contribution < -0.4 is 4.90 Å². The summed E-state index contributed by atoms with van der Waals surface area (Å²) < 4.78 is 1.14. The third-order valence-electron chi connectivity index (χ3n) is 5.56. The van der Waals surface area contributed by atoms with Crippen molar-refractivity contribution in [1.29, 1.82) is 0 Å². The number of para-hydroxylation sites is 1. The van der Waals surface area contributed by atoms with Crippen molar-refractivity contribution in [1.82, 2.24) is 9.97 Å². The second-order valence-electron chi connectivity index (χ2n) is 7.93. The highest BCUT2D eigenvalue weighted by Gasteiger charge is 2.29. The van der Waals surface area contributed by atoms with Crippen LogP contribution in [0.2, 0.25) is 0 Å². The number of amides is 1. The number of thiazole rings is 1. The first-order valence-corrected chi connectivity index (χ1v) is 11.1. The van der Waals surface area contributed by atoms with E-state index in [0.29, 0.717) is 12.5 Å². The van der Waals surface area contributed by atoms with Gasteiger partial charge in [0.05, 0.1) is 22.5 Å². The number of rotatable bonds is 5. The number of hydrogen-bond acceptors (Lipinski definition) is 4. The number of carbonyl (C=O) groups excluding carboxylic acids is 1. The quantitative estimate of drug-likeness (QED) is 0.540. The van der Waals surface area contributed by atoms with Gasteiger partial charge in [0.2, 0.25) is 5.91 Å². The first kappa shape index (κ1) is 19.1. The van der Waals surface area contributed by atoms with Gasteiger partial charge in [0, 0.05) is 12.1 Å². The van der Waals surface area contributed by atoms with Gasteiger partial charge in [-0.25, -0.2) is 4.98 Å². The normalized spacial score (nSPS) is 15.2. The SMILES string of the molecule is CC(C)c1cccc2sc(N(Cc3ccccn3)C(=O)C3CCCCC3)nc12. The lowest BCUT2D eigenvalue weighted by molar-refractivity contribution is -0.123. The van der Waals surface area contributed by atoms with E-state index in [1.54, 1.807) is 17.5 Å². The Hall–Kier alpha value is -2.27. The van der Waals surface area contributed by atoms with Gasteiger partial charge in [0.25, 0.3) is 0 Å². The van der Waals surface area contributed by atoms with Crippen molar-refractivity contribution >= 4 is 32.6 Å². The number of carbonyl (C=O) groups is 1. The molecule has 1 fully saturated rings. The van der Waals surface area contributed by atoms with E-state index >= 15 is 0 Å². The number of fused-ring (bicyclic) bond motifs is 1. The zero-order valence-electron chi connectivity index (χ0n) is 16.6. The van der Waals surface area contributed by atoms with Crippen LogP contribution in [0, 0.1) is 5.92 Å². The highest BCUT2D eigenvalue weighted by molar-refractivity contribution is 7.22. The molecule has 0 spiro atoms. The maximum absolute atomic E-state index is 13.5. The fourth-order valence-corrected chi connectivity index (χ4v) is 5.01. The van der Waals surface area contributed by atoms with Crippen LogP contribution in [0.4, 0.5) is 5.13 Å². The van der Waals surface area contributed by atoms with Gasteiger partial charge in [0.15, 0.2) is 5.13 Å². The molecule has 5 heteroatoms. The van der Waals surface area contributed by atoms with Gasteiger partial charge >= 0.3 is 0 Å². The Morgan fingerprint density at radius 2 is 1.96 bits per heavy atom. The fourth-order valence-electron chi connectivity index (χ4n) is 4.00. The first-order valence-electron chi connectivity index (χ1n) is 10.2. The summed E-state index contributed by atoms with van der Waals surface area (Å²) in [5.74, 6) is 0.710. The number of pyridine rings is 1. The Bertz CT molecular complexity index is 945. The molecule has 146 valence electrons. The van der Waals surface area contributed by atoms with Gasteiger partial charge in [-0.1, -0.05) is 62.6 Å². The maximum atomic E-state index is 13.5. The van der Waals surface area contributed by atoms with E-state index in [0.717, 1.165) is 46.7 Å². The standard InChI is InChI=1S/C23H27N3OS/c1-16(2)19-12-8-13-20-21(19)25-23(28-20)26(15-18-11-6-7-14-24-18)22(27)17-9-4-3-5-10-17/h6-8,11-14,16-17H,3-5,9-10,15H2,1-2H3. The van der Waals surface area contributed by atoms with Crippen molar-refractivity contribution < 1.29 is 4.79 Å². The fraction of sp³-hybridized carbons (Fsp3) is 0.435. The van der Waals surface area contributed by atoms with Crippen LogP contribution in [0.5, 0.6) is 0 Å². The summed E-state index contributed by atoms with van der Waals surface area (Å²) in [6.07, 6.45) is 7.28. The van der Waals surface area contributed by atoms with Gasteiger partial charge < -0.3 is 0 Å². The molecule has 0 atom stereocenters. The molecule has 1 aliphatic rings. The minimum absolute atomic E-state index is 0.106. The lowest BCUT2D eigenvalue weighted by atomic mass is 9.88. The van der Waals surface area contributed by atoms with Crippen molar-refractivity contribution in [3.63, 3.8) is 0 Å². The molecule has 1 aliphatic carbocycles. The smallest absolute Gasteiger partial charge is 0.232 e. The van der Waals surface area contributed by atoms with Gasteiger partial charge in [-0.15, -0.1) is 0 Å². The molecule has 28 heavy (non-hydrogen) atoms. The zero-order chi connectivity index (χ0) is 19.5. The minimum atomic E-state index is 0.106. The second kappa shape index (κ2) is 8.39. The molecule has 4 nitrogen and oxygen atoms in total. The summed E-state index contributed by atoms with van der Waals surface area (Å²) in [7, 11) is 0. The van der Waals surface area contributed by atoms with Crippen molar-refractivity contribution in [3.8, 4) is 0 Å². The van der Waals surface area contributed by atoms with Crippen LogP contribution in [0.3, 0.4) is 0 Å². The molecule has 1 aromatic carbocycles. The monoisotopic (exact) mass is 393 g/mol. The van der Waals surface area contributed by atoms with E-state index in [4.69, 9.17) is 4.98 Å². The molecule has 4 rings (SSSR count). The zero-order valence-corrected chi connectivity index (χ0v) is 17.4. The summed E-state index contributed by atoms with van der Waals surface area (Å²) in [5, 5.41) is 0.796. The largest absolute Gasteiger partial charge is 0.282 e. The Kier molecular flexibility index (Phi) is 5.72. The molecule has 0 saturated heterocycles. The van der Waals surface area contributed by atoms with Crippen LogP contribution in [0.1, 0.15) is 63.1 Å². The van der Waals surface area contributed by atoms with E-state index < -0.39 is 0 Å². The first-order chi connectivity index (χ1) is 13.6. The van der Waals surface area contributed by atoms with E-state index in [-0.39, 0.29) is 11.8 Å². The average molecular weight is 394 g/mol. The molecule has 1 amide bonds. The Balaban J connectivity index is 1.73. The highest BCUT2D eigenvalue weighted by Crippen LogP contribution is 2.36. The third kappa shape index (κ3) is 3.95. The van der Waals surface area contributed by atoms with Gasteiger partial charge in [0.1, 0.15) is 0 Å². The molecule has 0 bridgehead atoms. The van der Waals surface area contributed by atoms with Crippen molar-refractivity contribution in [2.75, 3.05) is 4.90 Å². The van der Waals surface area contributed by atoms with Gasteiger partial charge in [-0.3, -0.25) is 14.7 Å². The van der Waals surface area contributed by atoms with E-state index in [9.17, 15) is 4.79 Å². The topological polar surface area (TPSA) is 46.1 Å². The molecular formula is C23H27N3OS.